The van der Waals surface area contributed by atoms with Crippen molar-refractivity contribution in [1.29, 1.82) is 0 Å². The van der Waals surface area contributed by atoms with Gasteiger partial charge in [0.1, 0.15) is 0 Å². The molecule has 1 atom stereocenters. The van der Waals surface area contributed by atoms with Crippen molar-refractivity contribution in [3.63, 3.8) is 0 Å². The normalized spacial score (nSPS) is 16.4. The Bertz CT molecular complexity index is 525. The molecule has 1 amide bonds. The largest absolute Gasteiger partial charge is 0.345 e. The monoisotopic (exact) mass is 288 g/mol. The minimum absolute atomic E-state index is 0.0161. The molecule has 21 heavy (non-hydrogen) atoms. The lowest BCUT2D eigenvalue weighted by atomic mass is 9.99. The van der Waals surface area contributed by atoms with Gasteiger partial charge in [0.15, 0.2) is 5.78 Å². The predicted molar refractivity (Wildman–Crippen MR) is 82.9 cm³/mol. The quantitative estimate of drug-likeness (QED) is 0.898. The molecule has 0 aliphatic carbocycles. The molecule has 114 valence electrons. The van der Waals surface area contributed by atoms with Crippen LogP contribution in [-0.2, 0) is 22.6 Å². The van der Waals surface area contributed by atoms with Gasteiger partial charge in [-0.2, -0.15) is 0 Å². The van der Waals surface area contributed by atoms with Crippen LogP contribution in [0.15, 0.2) is 24.3 Å². The van der Waals surface area contributed by atoms with E-state index >= 15 is 0 Å². The molecule has 0 fully saturated rings. The van der Waals surface area contributed by atoms with E-state index in [-0.39, 0.29) is 23.7 Å². The highest BCUT2D eigenvalue weighted by atomic mass is 16.2. The van der Waals surface area contributed by atoms with Gasteiger partial charge in [-0.05, 0) is 30.4 Å². The van der Waals surface area contributed by atoms with Crippen LogP contribution >= 0.6 is 0 Å². The second-order valence-electron chi connectivity index (χ2n) is 6.13. The Labute approximate surface area is 126 Å². The molecule has 1 unspecified atom stereocenters. The first-order valence-corrected chi connectivity index (χ1v) is 7.56. The molecule has 4 nitrogen and oxygen atoms in total. The maximum atomic E-state index is 12.1. The summed E-state index contributed by atoms with van der Waals surface area (Å²) in [4.78, 5) is 25.8. The van der Waals surface area contributed by atoms with Gasteiger partial charge in [0.2, 0.25) is 5.91 Å². The van der Waals surface area contributed by atoms with Crippen molar-refractivity contribution in [3.8, 4) is 0 Å². The molecule has 1 N–H and O–H groups in total. The van der Waals surface area contributed by atoms with Crippen LogP contribution in [0.1, 0.15) is 31.9 Å². The fraction of sp³-hybridized carbons (Fsp3) is 0.529. The van der Waals surface area contributed by atoms with Gasteiger partial charge in [0.25, 0.3) is 0 Å². The summed E-state index contributed by atoms with van der Waals surface area (Å²) in [5.74, 6) is 0.0687. The standard InChI is InChI=1S/C17H24N2O2/c1-12(2)17(13(3)20)18-16(21)11-19-9-8-14-6-4-5-7-15(14)10-19/h4-7,12,17H,8-11H2,1-3H3,(H,18,21). The van der Waals surface area contributed by atoms with Crippen LogP contribution in [0.2, 0.25) is 0 Å². The fourth-order valence-electron chi connectivity index (χ4n) is 2.85. The van der Waals surface area contributed by atoms with E-state index in [1.807, 2.05) is 19.9 Å². The third-order valence-corrected chi connectivity index (χ3v) is 4.00. The van der Waals surface area contributed by atoms with E-state index in [4.69, 9.17) is 0 Å². The van der Waals surface area contributed by atoms with Gasteiger partial charge >= 0.3 is 0 Å². The minimum atomic E-state index is -0.380. The van der Waals surface area contributed by atoms with Crippen molar-refractivity contribution in [2.75, 3.05) is 13.1 Å². The summed E-state index contributed by atoms with van der Waals surface area (Å²) in [6.07, 6.45) is 0.976. The summed E-state index contributed by atoms with van der Waals surface area (Å²) in [7, 11) is 0. The molecule has 1 aliphatic heterocycles. The van der Waals surface area contributed by atoms with Crippen LogP contribution in [0.5, 0.6) is 0 Å². The molecule has 0 radical (unpaired) electrons. The van der Waals surface area contributed by atoms with E-state index in [0.29, 0.717) is 6.54 Å². The zero-order valence-electron chi connectivity index (χ0n) is 13.1. The number of Topliss-reactive ketones (excluding diaryl/α,β-unsaturated/α-hetero) is 1. The SMILES string of the molecule is CC(=O)C(NC(=O)CN1CCc2ccccc2C1)C(C)C. The number of fused-ring (bicyclic) bond motifs is 1. The van der Waals surface area contributed by atoms with Crippen molar-refractivity contribution in [3.05, 3.63) is 35.4 Å². The van der Waals surface area contributed by atoms with Crippen LogP contribution in [0.3, 0.4) is 0 Å². The summed E-state index contributed by atoms with van der Waals surface area (Å²) < 4.78 is 0. The molecule has 0 spiro atoms. The molecule has 0 aromatic heterocycles. The fourth-order valence-corrected chi connectivity index (χ4v) is 2.85. The van der Waals surface area contributed by atoms with E-state index in [9.17, 15) is 9.59 Å². The highest BCUT2D eigenvalue weighted by molar-refractivity contribution is 5.88. The highest BCUT2D eigenvalue weighted by Crippen LogP contribution is 2.18. The van der Waals surface area contributed by atoms with Crippen LogP contribution < -0.4 is 5.32 Å². The Kier molecular flexibility index (Phi) is 5.12. The summed E-state index contributed by atoms with van der Waals surface area (Å²) in [5.41, 5.74) is 2.67. The maximum Gasteiger partial charge on any atom is 0.234 e. The first-order valence-electron chi connectivity index (χ1n) is 7.56. The lowest BCUT2D eigenvalue weighted by Crippen LogP contribution is -2.48. The highest BCUT2D eigenvalue weighted by Gasteiger charge is 2.23. The zero-order chi connectivity index (χ0) is 15.4. The first-order chi connectivity index (χ1) is 9.97. The van der Waals surface area contributed by atoms with Crippen LogP contribution in [0, 0.1) is 5.92 Å². The molecule has 2 rings (SSSR count). The summed E-state index contributed by atoms with van der Waals surface area (Å²) in [6.45, 7) is 7.47. The van der Waals surface area contributed by atoms with E-state index in [0.717, 1.165) is 19.5 Å². The third-order valence-electron chi connectivity index (χ3n) is 4.00. The van der Waals surface area contributed by atoms with Crippen LogP contribution in [0.25, 0.3) is 0 Å². The number of hydrogen-bond acceptors (Lipinski definition) is 3. The molecule has 0 saturated carbocycles. The van der Waals surface area contributed by atoms with Gasteiger partial charge in [-0.15, -0.1) is 0 Å². The van der Waals surface area contributed by atoms with Crippen LogP contribution in [-0.4, -0.2) is 35.7 Å². The van der Waals surface area contributed by atoms with Gasteiger partial charge in [-0.3, -0.25) is 14.5 Å². The molecule has 1 aromatic carbocycles. The Morgan fingerprint density at radius 1 is 1.24 bits per heavy atom. The number of hydrogen-bond donors (Lipinski definition) is 1. The lowest BCUT2D eigenvalue weighted by Gasteiger charge is -2.29. The summed E-state index contributed by atoms with van der Waals surface area (Å²) in [6, 6.07) is 7.98. The van der Waals surface area contributed by atoms with E-state index in [2.05, 4.69) is 28.4 Å². The predicted octanol–water partition coefficient (Wildman–Crippen LogP) is 1.77. The average molecular weight is 288 g/mol. The molecule has 1 aliphatic rings. The Morgan fingerprint density at radius 3 is 2.52 bits per heavy atom. The molecular weight excluding hydrogens is 264 g/mol. The van der Waals surface area contributed by atoms with Crippen molar-refractivity contribution < 1.29 is 9.59 Å². The number of nitrogens with one attached hydrogen (secondary N) is 1. The Morgan fingerprint density at radius 2 is 1.90 bits per heavy atom. The molecule has 4 heteroatoms. The van der Waals surface area contributed by atoms with Gasteiger partial charge < -0.3 is 5.32 Å². The van der Waals surface area contributed by atoms with Crippen molar-refractivity contribution in [2.45, 2.75) is 39.8 Å². The van der Waals surface area contributed by atoms with E-state index < -0.39 is 0 Å². The van der Waals surface area contributed by atoms with E-state index in [1.165, 1.54) is 18.1 Å². The molecule has 0 saturated heterocycles. The number of rotatable bonds is 5. The maximum absolute atomic E-state index is 12.1. The number of carbonyl (C=O) groups excluding carboxylic acids is 2. The topological polar surface area (TPSA) is 49.4 Å². The first kappa shape index (κ1) is 15.7. The number of amides is 1. The van der Waals surface area contributed by atoms with Gasteiger partial charge in [0.05, 0.1) is 12.6 Å². The summed E-state index contributed by atoms with van der Waals surface area (Å²) in [5, 5.41) is 2.86. The van der Waals surface area contributed by atoms with Crippen LogP contribution in [0.4, 0.5) is 0 Å². The lowest BCUT2D eigenvalue weighted by molar-refractivity contribution is -0.128. The molecule has 0 bridgehead atoms. The van der Waals surface area contributed by atoms with Crippen molar-refractivity contribution >= 4 is 11.7 Å². The summed E-state index contributed by atoms with van der Waals surface area (Å²) >= 11 is 0. The third kappa shape index (κ3) is 4.14. The number of nitrogens with zero attached hydrogens (tertiary/aromatic N) is 1. The van der Waals surface area contributed by atoms with Gasteiger partial charge in [0, 0.05) is 13.1 Å². The van der Waals surface area contributed by atoms with Crippen molar-refractivity contribution in [1.82, 2.24) is 10.2 Å². The Hall–Kier alpha value is -1.68. The zero-order valence-corrected chi connectivity index (χ0v) is 13.1. The molecular formula is C17H24N2O2. The second kappa shape index (κ2) is 6.85. The smallest absolute Gasteiger partial charge is 0.234 e. The minimum Gasteiger partial charge on any atom is -0.345 e. The van der Waals surface area contributed by atoms with Gasteiger partial charge in [-0.1, -0.05) is 38.1 Å². The van der Waals surface area contributed by atoms with E-state index in [1.54, 1.807) is 0 Å². The molecule has 1 aromatic rings. The average Bonchev–Trinajstić information content (AvgIpc) is 2.44. The second-order valence-corrected chi connectivity index (χ2v) is 6.13. The van der Waals surface area contributed by atoms with Crippen molar-refractivity contribution in [2.24, 2.45) is 5.92 Å². The number of carbonyl (C=O) groups is 2. The number of ketones is 1. The Balaban J connectivity index is 1.91. The van der Waals surface area contributed by atoms with Gasteiger partial charge in [-0.25, -0.2) is 0 Å². The number of benzene rings is 1. The molecule has 1 heterocycles.